The molecule has 0 unspecified atom stereocenters. The van der Waals surface area contributed by atoms with Crippen molar-refractivity contribution in [1.29, 1.82) is 0 Å². The normalized spacial score (nSPS) is 16.2. The van der Waals surface area contributed by atoms with Crippen molar-refractivity contribution in [2.75, 3.05) is 6.61 Å². The van der Waals surface area contributed by atoms with Crippen molar-refractivity contribution in [3.8, 4) is 5.69 Å². The van der Waals surface area contributed by atoms with Crippen LogP contribution in [0.5, 0.6) is 0 Å². The van der Waals surface area contributed by atoms with Crippen molar-refractivity contribution in [3.63, 3.8) is 0 Å². The Morgan fingerprint density at radius 1 is 1.26 bits per heavy atom. The van der Waals surface area contributed by atoms with Crippen LogP contribution in [-0.2, 0) is 6.54 Å². The largest absolute Gasteiger partial charge is 0.394 e. The Kier molecular flexibility index (Phi) is 4.62. The zero-order valence-electron chi connectivity index (χ0n) is 13.0. The predicted molar refractivity (Wildman–Crippen MR) is 87.2 cm³/mol. The van der Waals surface area contributed by atoms with E-state index in [4.69, 9.17) is 0 Å². The summed E-state index contributed by atoms with van der Waals surface area (Å²) in [6.07, 6.45) is 7.40. The number of para-hydroxylation sites is 1. The molecule has 2 aromatic rings. The molecule has 122 valence electrons. The lowest BCUT2D eigenvalue weighted by Gasteiger charge is -2.27. The summed E-state index contributed by atoms with van der Waals surface area (Å²) in [5, 5.41) is 19.6. The summed E-state index contributed by atoms with van der Waals surface area (Å²) >= 11 is 0. The SMILES string of the molecule is O=C(NCc1cnn(-c2ccccc2)c1)NC1(CO)CCCC1. The standard InChI is InChI=1S/C17H22N4O2/c22-13-17(8-4-5-9-17)20-16(23)18-10-14-11-19-21(12-14)15-6-2-1-3-7-15/h1-3,6-7,11-12,22H,4-5,8-10,13H2,(H2,18,20,23). The third-order valence-electron chi connectivity index (χ3n) is 4.35. The number of carbonyl (C=O) groups excluding carboxylic acids is 1. The fourth-order valence-corrected chi connectivity index (χ4v) is 3.02. The monoisotopic (exact) mass is 314 g/mol. The maximum absolute atomic E-state index is 12.1. The van der Waals surface area contributed by atoms with E-state index in [1.165, 1.54) is 0 Å². The van der Waals surface area contributed by atoms with Gasteiger partial charge in [0, 0.05) is 18.3 Å². The first-order valence-corrected chi connectivity index (χ1v) is 7.97. The van der Waals surface area contributed by atoms with E-state index in [1.54, 1.807) is 10.9 Å². The Morgan fingerprint density at radius 3 is 2.70 bits per heavy atom. The van der Waals surface area contributed by atoms with Crippen LogP contribution in [0.1, 0.15) is 31.2 Å². The van der Waals surface area contributed by atoms with Gasteiger partial charge in [0.25, 0.3) is 0 Å². The first-order chi connectivity index (χ1) is 11.2. The maximum atomic E-state index is 12.1. The lowest BCUT2D eigenvalue weighted by Crippen LogP contribution is -2.52. The number of aromatic nitrogens is 2. The van der Waals surface area contributed by atoms with E-state index >= 15 is 0 Å². The molecule has 1 heterocycles. The number of aliphatic hydroxyl groups is 1. The van der Waals surface area contributed by atoms with Crippen molar-refractivity contribution in [2.24, 2.45) is 0 Å². The minimum absolute atomic E-state index is 0.00758. The molecule has 0 aliphatic heterocycles. The van der Waals surface area contributed by atoms with Gasteiger partial charge in [-0.15, -0.1) is 0 Å². The van der Waals surface area contributed by atoms with Gasteiger partial charge in [-0.3, -0.25) is 0 Å². The molecule has 1 aromatic carbocycles. The first-order valence-electron chi connectivity index (χ1n) is 7.97. The van der Waals surface area contributed by atoms with Gasteiger partial charge in [0.05, 0.1) is 24.0 Å². The molecule has 1 saturated carbocycles. The highest BCUT2D eigenvalue weighted by Crippen LogP contribution is 2.28. The molecule has 1 fully saturated rings. The van der Waals surface area contributed by atoms with Crippen LogP contribution < -0.4 is 10.6 Å². The smallest absolute Gasteiger partial charge is 0.315 e. The minimum atomic E-state index is -0.446. The van der Waals surface area contributed by atoms with Gasteiger partial charge in [0.1, 0.15) is 0 Å². The van der Waals surface area contributed by atoms with Crippen LogP contribution >= 0.6 is 0 Å². The summed E-state index contributed by atoms with van der Waals surface area (Å²) in [6.45, 7) is 0.395. The second-order valence-corrected chi connectivity index (χ2v) is 6.08. The van der Waals surface area contributed by atoms with E-state index in [-0.39, 0.29) is 12.6 Å². The molecule has 6 heteroatoms. The Morgan fingerprint density at radius 2 is 2.00 bits per heavy atom. The number of amides is 2. The molecule has 23 heavy (non-hydrogen) atoms. The molecule has 0 bridgehead atoms. The average Bonchev–Trinajstić information content (AvgIpc) is 3.24. The van der Waals surface area contributed by atoms with Gasteiger partial charge in [-0.25, -0.2) is 9.48 Å². The Bertz CT molecular complexity index is 648. The molecule has 1 aromatic heterocycles. The number of benzene rings is 1. The van der Waals surface area contributed by atoms with Crippen molar-refractivity contribution >= 4 is 6.03 Å². The molecule has 2 amide bonds. The third-order valence-corrected chi connectivity index (χ3v) is 4.35. The summed E-state index contributed by atoms with van der Waals surface area (Å²) < 4.78 is 1.78. The molecular weight excluding hydrogens is 292 g/mol. The van der Waals surface area contributed by atoms with Crippen LogP contribution in [0.25, 0.3) is 5.69 Å². The zero-order valence-corrected chi connectivity index (χ0v) is 13.0. The zero-order chi connectivity index (χ0) is 16.1. The third kappa shape index (κ3) is 3.71. The summed E-state index contributed by atoms with van der Waals surface area (Å²) in [5.41, 5.74) is 1.46. The molecule has 0 spiro atoms. The maximum Gasteiger partial charge on any atom is 0.315 e. The molecule has 1 aliphatic carbocycles. The molecule has 3 rings (SSSR count). The average molecular weight is 314 g/mol. The van der Waals surface area contributed by atoms with Gasteiger partial charge >= 0.3 is 6.03 Å². The Balaban J connectivity index is 1.54. The van der Waals surface area contributed by atoms with Gasteiger partial charge in [-0.05, 0) is 25.0 Å². The summed E-state index contributed by atoms with van der Waals surface area (Å²) in [7, 11) is 0. The van der Waals surface area contributed by atoms with E-state index < -0.39 is 5.54 Å². The topological polar surface area (TPSA) is 79.2 Å². The number of hydrogen-bond acceptors (Lipinski definition) is 3. The van der Waals surface area contributed by atoms with Crippen molar-refractivity contribution < 1.29 is 9.90 Å². The highest BCUT2D eigenvalue weighted by molar-refractivity contribution is 5.74. The van der Waals surface area contributed by atoms with Crippen LogP contribution in [0, 0.1) is 0 Å². The number of nitrogens with one attached hydrogen (secondary N) is 2. The van der Waals surface area contributed by atoms with Crippen LogP contribution in [0.3, 0.4) is 0 Å². The van der Waals surface area contributed by atoms with Gasteiger partial charge in [-0.1, -0.05) is 31.0 Å². The fraction of sp³-hybridized carbons (Fsp3) is 0.412. The molecule has 1 aliphatic rings. The molecule has 0 radical (unpaired) electrons. The molecule has 6 nitrogen and oxygen atoms in total. The van der Waals surface area contributed by atoms with Crippen molar-refractivity contribution in [1.82, 2.24) is 20.4 Å². The number of aliphatic hydroxyl groups excluding tert-OH is 1. The van der Waals surface area contributed by atoms with E-state index in [0.717, 1.165) is 36.9 Å². The Labute approximate surface area is 135 Å². The van der Waals surface area contributed by atoms with Gasteiger partial charge in [0.15, 0.2) is 0 Å². The van der Waals surface area contributed by atoms with Gasteiger partial charge < -0.3 is 15.7 Å². The number of hydrogen-bond donors (Lipinski definition) is 3. The number of urea groups is 1. The number of carbonyl (C=O) groups is 1. The van der Waals surface area contributed by atoms with E-state index in [2.05, 4.69) is 15.7 Å². The van der Waals surface area contributed by atoms with Crippen LogP contribution in [-0.4, -0.2) is 33.1 Å². The second kappa shape index (κ2) is 6.83. The lowest BCUT2D eigenvalue weighted by atomic mass is 9.99. The van der Waals surface area contributed by atoms with Gasteiger partial charge in [0.2, 0.25) is 0 Å². The minimum Gasteiger partial charge on any atom is -0.394 e. The van der Waals surface area contributed by atoms with Crippen LogP contribution in [0.2, 0.25) is 0 Å². The lowest BCUT2D eigenvalue weighted by molar-refractivity contribution is 0.163. The Hall–Kier alpha value is -2.34. The molecule has 0 saturated heterocycles. The van der Waals surface area contributed by atoms with Crippen molar-refractivity contribution in [2.45, 2.75) is 37.8 Å². The highest BCUT2D eigenvalue weighted by Gasteiger charge is 2.34. The number of nitrogens with zero attached hydrogens (tertiary/aromatic N) is 2. The van der Waals surface area contributed by atoms with Crippen molar-refractivity contribution in [3.05, 3.63) is 48.3 Å². The summed E-state index contributed by atoms with van der Waals surface area (Å²) in [5.74, 6) is 0. The van der Waals surface area contributed by atoms with E-state index in [0.29, 0.717) is 6.54 Å². The number of rotatable bonds is 5. The van der Waals surface area contributed by atoms with E-state index in [9.17, 15) is 9.90 Å². The van der Waals surface area contributed by atoms with Crippen LogP contribution in [0.4, 0.5) is 4.79 Å². The quantitative estimate of drug-likeness (QED) is 0.789. The molecule has 0 atom stereocenters. The summed E-state index contributed by atoms with van der Waals surface area (Å²) in [4.78, 5) is 12.1. The molecular formula is C17H22N4O2. The predicted octanol–water partition coefficient (Wildman–Crippen LogP) is 1.98. The summed E-state index contributed by atoms with van der Waals surface area (Å²) in [6, 6.07) is 9.58. The first kappa shape index (κ1) is 15.6. The fourth-order valence-electron chi connectivity index (χ4n) is 3.02. The van der Waals surface area contributed by atoms with Gasteiger partial charge in [-0.2, -0.15) is 5.10 Å². The van der Waals surface area contributed by atoms with E-state index in [1.807, 2.05) is 36.5 Å². The highest BCUT2D eigenvalue weighted by atomic mass is 16.3. The second-order valence-electron chi connectivity index (χ2n) is 6.08. The molecule has 3 N–H and O–H groups in total. The van der Waals surface area contributed by atoms with Crippen LogP contribution in [0.15, 0.2) is 42.7 Å².